The Balaban J connectivity index is 1.34. The third kappa shape index (κ3) is 4.43. The van der Waals surface area contributed by atoms with Gasteiger partial charge >= 0.3 is 0 Å². The largest absolute Gasteiger partial charge is 0.325 e. The van der Waals surface area contributed by atoms with Crippen molar-refractivity contribution in [3.63, 3.8) is 0 Å². The van der Waals surface area contributed by atoms with E-state index >= 15 is 0 Å². The molecule has 2 aromatic carbocycles. The fraction of sp³-hybridized carbons (Fsp3) is 0.154. The Hall–Kier alpha value is -4.86. The summed E-state index contributed by atoms with van der Waals surface area (Å²) in [5, 5.41) is 16.7. The van der Waals surface area contributed by atoms with Crippen molar-refractivity contribution in [1.82, 2.24) is 20.0 Å². The van der Waals surface area contributed by atoms with E-state index in [2.05, 4.69) is 30.9 Å². The number of hydrogen-bond donors (Lipinski definition) is 3. The minimum Gasteiger partial charge on any atom is -0.325 e. The van der Waals surface area contributed by atoms with E-state index in [1.165, 1.54) is 4.68 Å². The van der Waals surface area contributed by atoms with Crippen molar-refractivity contribution in [2.45, 2.75) is 19.8 Å². The molecule has 1 aliphatic rings. The molecule has 0 fully saturated rings. The lowest BCUT2D eigenvalue weighted by atomic mass is 9.97. The number of aryl methyl sites for hydroxylation is 3. The molecule has 0 spiro atoms. The van der Waals surface area contributed by atoms with Crippen LogP contribution in [0.5, 0.6) is 0 Å². The maximum atomic E-state index is 13.2. The van der Waals surface area contributed by atoms with E-state index < -0.39 is 5.92 Å². The lowest BCUT2D eigenvalue weighted by molar-refractivity contribution is -0.115. The predicted molar refractivity (Wildman–Crippen MR) is 135 cm³/mol. The summed E-state index contributed by atoms with van der Waals surface area (Å²) in [6, 6.07) is 15.3. The number of nitrogens with zero attached hydrogens (tertiary/aromatic N) is 4. The van der Waals surface area contributed by atoms with E-state index in [1.54, 1.807) is 67.9 Å². The van der Waals surface area contributed by atoms with Gasteiger partial charge in [0.15, 0.2) is 11.6 Å². The third-order valence-electron chi connectivity index (χ3n) is 5.86. The van der Waals surface area contributed by atoms with Crippen LogP contribution in [0.15, 0.2) is 59.6 Å². The Kier molecular flexibility index (Phi) is 5.77. The Morgan fingerprint density at radius 2 is 1.89 bits per heavy atom. The van der Waals surface area contributed by atoms with Crippen molar-refractivity contribution in [1.29, 1.82) is 0 Å². The van der Waals surface area contributed by atoms with Crippen LogP contribution in [0.4, 0.5) is 17.2 Å². The van der Waals surface area contributed by atoms with Crippen molar-refractivity contribution in [2.24, 2.45) is 12.0 Å². The molecule has 0 saturated carbocycles. The predicted octanol–water partition coefficient (Wildman–Crippen LogP) is 3.68. The summed E-state index contributed by atoms with van der Waals surface area (Å²) >= 11 is 0. The molecule has 0 saturated heterocycles. The molecule has 0 bridgehead atoms. The van der Waals surface area contributed by atoms with Crippen LogP contribution in [0, 0.1) is 13.8 Å². The average molecular weight is 482 g/mol. The first-order valence-corrected chi connectivity index (χ1v) is 11.3. The van der Waals surface area contributed by atoms with E-state index in [4.69, 9.17) is 0 Å². The Bertz CT molecular complexity index is 1550. The van der Waals surface area contributed by atoms with Crippen LogP contribution >= 0.6 is 0 Å². The van der Waals surface area contributed by atoms with Gasteiger partial charge in [0, 0.05) is 47.5 Å². The first-order valence-electron chi connectivity index (χ1n) is 11.3. The van der Waals surface area contributed by atoms with Gasteiger partial charge < -0.3 is 10.6 Å². The molecule has 0 aliphatic carbocycles. The Morgan fingerprint density at radius 3 is 2.61 bits per heavy atom. The highest BCUT2D eigenvalue weighted by atomic mass is 16.2. The van der Waals surface area contributed by atoms with Gasteiger partial charge in [0.25, 0.3) is 5.91 Å². The first-order chi connectivity index (χ1) is 17.3. The molecule has 1 unspecified atom stereocenters. The highest BCUT2D eigenvalue weighted by Crippen LogP contribution is 2.33. The second-order valence-corrected chi connectivity index (χ2v) is 8.61. The number of aromatic amines is 1. The van der Waals surface area contributed by atoms with Gasteiger partial charge in [-0.3, -0.25) is 24.2 Å². The lowest BCUT2D eigenvalue weighted by Crippen LogP contribution is -2.16. The van der Waals surface area contributed by atoms with E-state index in [0.29, 0.717) is 34.0 Å². The van der Waals surface area contributed by atoms with Crippen LogP contribution in [0.3, 0.4) is 0 Å². The number of aromatic nitrogens is 4. The minimum atomic E-state index is -0.574. The highest BCUT2D eigenvalue weighted by Gasteiger charge is 2.30. The molecule has 180 valence electrons. The summed E-state index contributed by atoms with van der Waals surface area (Å²) in [5.41, 5.74) is 4.64. The Morgan fingerprint density at radius 1 is 1.08 bits per heavy atom. The zero-order valence-corrected chi connectivity index (χ0v) is 19.9. The molecular weight excluding hydrogens is 458 g/mol. The van der Waals surface area contributed by atoms with Crippen molar-refractivity contribution >= 4 is 41.0 Å². The molecule has 2 amide bonds. The van der Waals surface area contributed by atoms with Gasteiger partial charge in [-0.15, -0.1) is 0 Å². The summed E-state index contributed by atoms with van der Waals surface area (Å²) in [6.07, 6.45) is 1.55. The summed E-state index contributed by atoms with van der Waals surface area (Å²) < 4.78 is 1.51. The van der Waals surface area contributed by atoms with Gasteiger partial charge in [-0.1, -0.05) is 24.3 Å². The summed E-state index contributed by atoms with van der Waals surface area (Å²) in [6.45, 7) is 3.68. The number of benzene rings is 2. The van der Waals surface area contributed by atoms with E-state index in [0.717, 1.165) is 17.0 Å². The van der Waals surface area contributed by atoms with Crippen molar-refractivity contribution in [3.05, 3.63) is 88.4 Å². The summed E-state index contributed by atoms with van der Waals surface area (Å²) in [5.74, 6) is -0.855. The second kappa shape index (κ2) is 9.06. The SMILES string of the molecule is Cc1cc(C(=O)Nc2cccc(C(=O)c3ccc4c(c3)NC(=O)C4C=Nc3cc(C)[nH]n3)c2)n(C)n1. The molecule has 1 aliphatic heterocycles. The van der Waals surface area contributed by atoms with E-state index in [9.17, 15) is 14.4 Å². The van der Waals surface area contributed by atoms with Crippen LogP contribution in [0.1, 0.15) is 49.3 Å². The van der Waals surface area contributed by atoms with Crippen molar-refractivity contribution in [2.75, 3.05) is 10.6 Å². The van der Waals surface area contributed by atoms with Crippen molar-refractivity contribution < 1.29 is 14.4 Å². The number of H-pyrrole nitrogens is 1. The molecule has 5 rings (SSSR count). The van der Waals surface area contributed by atoms with Crippen LogP contribution in [-0.4, -0.2) is 43.8 Å². The zero-order valence-electron chi connectivity index (χ0n) is 19.9. The van der Waals surface area contributed by atoms with Crippen molar-refractivity contribution in [3.8, 4) is 0 Å². The van der Waals surface area contributed by atoms with Crippen LogP contribution < -0.4 is 10.6 Å². The Labute approximate surface area is 206 Å². The first kappa shape index (κ1) is 22.9. The van der Waals surface area contributed by atoms with Crippen LogP contribution in [-0.2, 0) is 11.8 Å². The molecule has 10 nitrogen and oxygen atoms in total. The molecular formula is C26H23N7O3. The number of hydrogen-bond acceptors (Lipinski definition) is 6. The number of amides is 2. The fourth-order valence-corrected chi connectivity index (χ4v) is 4.12. The number of nitrogens with one attached hydrogen (secondary N) is 3. The second-order valence-electron chi connectivity index (χ2n) is 8.61. The topological polar surface area (TPSA) is 134 Å². The maximum Gasteiger partial charge on any atom is 0.273 e. The molecule has 2 aromatic heterocycles. The quantitative estimate of drug-likeness (QED) is 0.285. The van der Waals surface area contributed by atoms with Gasteiger partial charge in [0.05, 0.1) is 5.69 Å². The normalized spacial score (nSPS) is 14.6. The van der Waals surface area contributed by atoms with Gasteiger partial charge in [0.1, 0.15) is 11.6 Å². The number of anilines is 2. The maximum absolute atomic E-state index is 13.2. The van der Waals surface area contributed by atoms with Crippen LogP contribution in [0.25, 0.3) is 0 Å². The lowest BCUT2D eigenvalue weighted by Gasteiger charge is -2.08. The number of rotatable bonds is 6. The third-order valence-corrected chi connectivity index (χ3v) is 5.86. The van der Waals surface area contributed by atoms with Gasteiger partial charge in [-0.25, -0.2) is 4.99 Å². The molecule has 3 heterocycles. The zero-order chi connectivity index (χ0) is 25.4. The number of aliphatic imine (C=N–C) groups is 1. The van der Waals surface area contributed by atoms with Crippen LogP contribution in [0.2, 0.25) is 0 Å². The molecule has 10 heteroatoms. The number of carbonyl (C=O) groups is 3. The van der Waals surface area contributed by atoms with Gasteiger partial charge in [0.2, 0.25) is 5.91 Å². The molecule has 4 aromatic rings. The summed E-state index contributed by atoms with van der Waals surface area (Å²) in [7, 11) is 1.70. The highest BCUT2D eigenvalue weighted by molar-refractivity contribution is 6.15. The summed E-state index contributed by atoms with van der Waals surface area (Å²) in [4.78, 5) is 42.7. The monoisotopic (exact) mass is 481 g/mol. The number of fused-ring (bicyclic) bond motifs is 1. The van der Waals surface area contributed by atoms with Gasteiger partial charge in [-0.05, 0) is 43.7 Å². The molecule has 36 heavy (non-hydrogen) atoms. The molecule has 3 N–H and O–H groups in total. The minimum absolute atomic E-state index is 0.222. The average Bonchev–Trinajstić information content (AvgIpc) is 3.52. The smallest absolute Gasteiger partial charge is 0.273 e. The van der Waals surface area contributed by atoms with E-state index in [1.807, 2.05) is 13.8 Å². The fourth-order valence-electron chi connectivity index (χ4n) is 4.12. The number of carbonyl (C=O) groups excluding carboxylic acids is 3. The number of ketones is 1. The van der Waals surface area contributed by atoms with E-state index in [-0.39, 0.29) is 17.6 Å². The molecule has 1 atom stereocenters. The van der Waals surface area contributed by atoms with Gasteiger partial charge in [-0.2, -0.15) is 10.2 Å². The molecule has 0 radical (unpaired) electrons. The standard InChI is InChI=1S/C26H23N7O3/c1-14-10-23(31-30-14)27-13-20-19-8-7-17(12-21(19)29-25(20)35)24(34)16-5-4-6-18(11-16)28-26(36)22-9-15(2)32-33(22)3/h4-13,20H,1-3H3,(H,28,36)(H,29,35)(H,30,31).